The zero-order chi connectivity index (χ0) is 14.4. The maximum Gasteiger partial charge on any atom is 0.245 e. The van der Waals surface area contributed by atoms with Gasteiger partial charge in [0.05, 0.1) is 0 Å². The Morgan fingerprint density at radius 2 is 2.05 bits per heavy atom. The van der Waals surface area contributed by atoms with E-state index in [4.69, 9.17) is 0 Å². The Hall–Kier alpha value is -0.710. The molecule has 2 atom stereocenters. The first-order valence-electron chi connectivity index (χ1n) is 7.12. The van der Waals surface area contributed by atoms with Crippen LogP contribution in [-0.2, 0) is 9.59 Å². The lowest BCUT2D eigenvalue weighted by Gasteiger charge is -2.41. The first-order valence-corrected chi connectivity index (χ1v) is 8.52. The smallest absolute Gasteiger partial charge is 0.245 e. The van der Waals surface area contributed by atoms with Crippen molar-refractivity contribution >= 4 is 23.6 Å². The molecule has 0 radical (unpaired) electrons. The van der Waals surface area contributed by atoms with Crippen LogP contribution in [-0.4, -0.2) is 47.4 Å². The average molecular weight is 286 g/mol. The molecule has 0 saturated carbocycles. The van der Waals surface area contributed by atoms with Crippen molar-refractivity contribution in [3.8, 4) is 0 Å². The third-order valence-corrected chi connectivity index (χ3v) is 4.16. The van der Waals surface area contributed by atoms with Crippen LogP contribution in [0.3, 0.4) is 0 Å². The van der Waals surface area contributed by atoms with Crippen molar-refractivity contribution in [3.63, 3.8) is 0 Å². The van der Waals surface area contributed by atoms with Gasteiger partial charge in [-0.15, -0.1) is 0 Å². The first kappa shape index (κ1) is 16.3. The van der Waals surface area contributed by atoms with Crippen LogP contribution in [0, 0.1) is 5.92 Å². The molecule has 5 heteroatoms. The molecular weight excluding hydrogens is 260 g/mol. The monoisotopic (exact) mass is 286 g/mol. The Balaban J connectivity index is 2.80. The van der Waals surface area contributed by atoms with Crippen LogP contribution in [0.2, 0.25) is 0 Å². The molecule has 2 unspecified atom stereocenters. The minimum Gasteiger partial charge on any atom is -0.342 e. The molecule has 1 fully saturated rings. The summed E-state index contributed by atoms with van der Waals surface area (Å²) in [4.78, 5) is 26.5. The molecule has 0 aromatic heterocycles. The van der Waals surface area contributed by atoms with E-state index in [0.29, 0.717) is 6.54 Å². The second-order valence-electron chi connectivity index (χ2n) is 5.42. The number of thioether (sulfide) groups is 1. The van der Waals surface area contributed by atoms with Crippen molar-refractivity contribution in [1.29, 1.82) is 0 Å². The predicted molar refractivity (Wildman–Crippen MR) is 80.2 cm³/mol. The second kappa shape index (κ2) is 7.78. The highest BCUT2D eigenvalue weighted by atomic mass is 32.2. The number of carbonyl (C=O) groups is 2. The van der Waals surface area contributed by atoms with Gasteiger partial charge in [0.1, 0.15) is 12.1 Å². The normalized spacial score (nSPS) is 23.9. The summed E-state index contributed by atoms with van der Waals surface area (Å²) >= 11 is 1.77. The van der Waals surface area contributed by atoms with Crippen LogP contribution in [0.5, 0.6) is 0 Å². The van der Waals surface area contributed by atoms with E-state index in [1.807, 2.05) is 20.8 Å². The molecule has 1 heterocycles. The standard InChI is InChI=1S/C14H26N2O2S/c1-5-7-11-14(18)16(8-6-9-19-4)12(10(2)3)13(17)15-11/h10-12H,5-9H2,1-4H3,(H,15,17). The first-order chi connectivity index (χ1) is 9.02. The summed E-state index contributed by atoms with van der Waals surface area (Å²) < 4.78 is 0. The van der Waals surface area contributed by atoms with Crippen LogP contribution >= 0.6 is 11.8 Å². The fourth-order valence-electron chi connectivity index (χ4n) is 2.57. The number of nitrogens with one attached hydrogen (secondary N) is 1. The lowest BCUT2D eigenvalue weighted by molar-refractivity contribution is -0.151. The molecule has 1 rings (SSSR count). The molecule has 0 bridgehead atoms. The molecule has 1 aliphatic rings. The Labute approximate surface area is 120 Å². The minimum absolute atomic E-state index is 0.0113. The van der Waals surface area contributed by atoms with Crippen LogP contribution in [0.4, 0.5) is 0 Å². The second-order valence-corrected chi connectivity index (χ2v) is 6.40. The summed E-state index contributed by atoms with van der Waals surface area (Å²) in [6.07, 6.45) is 4.64. The van der Waals surface area contributed by atoms with E-state index < -0.39 is 0 Å². The van der Waals surface area contributed by atoms with Crippen molar-refractivity contribution in [2.75, 3.05) is 18.6 Å². The van der Waals surface area contributed by atoms with E-state index in [-0.39, 0.29) is 29.8 Å². The molecule has 2 amide bonds. The van der Waals surface area contributed by atoms with Crippen molar-refractivity contribution in [1.82, 2.24) is 10.2 Å². The fourth-order valence-corrected chi connectivity index (χ4v) is 2.99. The van der Waals surface area contributed by atoms with E-state index in [0.717, 1.165) is 25.0 Å². The zero-order valence-electron chi connectivity index (χ0n) is 12.4. The van der Waals surface area contributed by atoms with Gasteiger partial charge in [-0.1, -0.05) is 27.2 Å². The maximum absolute atomic E-state index is 12.5. The van der Waals surface area contributed by atoms with Crippen LogP contribution in [0.1, 0.15) is 40.0 Å². The van der Waals surface area contributed by atoms with Crippen molar-refractivity contribution in [2.45, 2.75) is 52.1 Å². The van der Waals surface area contributed by atoms with Crippen LogP contribution < -0.4 is 5.32 Å². The Kier molecular flexibility index (Phi) is 6.69. The summed E-state index contributed by atoms with van der Waals surface area (Å²) in [6, 6.07) is -0.621. The molecule has 19 heavy (non-hydrogen) atoms. The van der Waals surface area contributed by atoms with Gasteiger partial charge in [-0.3, -0.25) is 9.59 Å². The van der Waals surface area contributed by atoms with Gasteiger partial charge in [-0.05, 0) is 30.8 Å². The van der Waals surface area contributed by atoms with Crippen molar-refractivity contribution < 1.29 is 9.59 Å². The van der Waals surface area contributed by atoms with Crippen molar-refractivity contribution in [3.05, 3.63) is 0 Å². The van der Waals surface area contributed by atoms with Crippen LogP contribution in [0.25, 0.3) is 0 Å². The topological polar surface area (TPSA) is 49.4 Å². The highest BCUT2D eigenvalue weighted by Crippen LogP contribution is 2.20. The Morgan fingerprint density at radius 1 is 1.37 bits per heavy atom. The summed E-state index contributed by atoms with van der Waals surface area (Å²) in [5, 5.41) is 2.88. The lowest BCUT2D eigenvalue weighted by Crippen LogP contribution is -2.64. The van der Waals surface area contributed by atoms with Gasteiger partial charge in [0, 0.05) is 6.54 Å². The van der Waals surface area contributed by atoms with Gasteiger partial charge in [0.15, 0.2) is 0 Å². The van der Waals surface area contributed by atoms with E-state index >= 15 is 0 Å². The number of nitrogens with zero attached hydrogens (tertiary/aromatic N) is 1. The quantitative estimate of drug-likeness (QED) is 0.727. The summed E-state index contributed by atoms with van der Waals surface area (Å²) in [5.41, 5.74) is 0. The zero-order valence-corrected chi connectivity index (χ0v) is 13.3. The van der Waals surface area contributed by atoms with E-state index in [1.54, 1.807) is 16.7 Å². The van der Waals surface area contributed by atoms with Gasteiger partial charge in [-0.25, -0.2) is 0 Å². The van der Waals surface area contributed by atoms with E-state index in [1.165, 1.54) is 0 Å². The van der Waals surface area contributed by atoms with Gasteiger partial charge >= 0.3 is 0 Å². The third kappa shape index (κ3) is 4.13. The van der Waals surface area contributed by atoms with Gasteiger partial charge < -0.3 is 10.2 Å². The number of amides is 2. The minimum atomic E-state index is -0.318. The molecule has 1 N–H and O–H groups in total. The molecule has 0 spiro atoms. The van der Waals surface area contributed by atoms with Gasteiger partial charge in [0.25, 0.3) is 0 Å². The number of hydrogen-bond donors (Lipinski definition) is 1. The third-order valence-electron chi connectivity index (χ3n) is 3.46. The van der Waals surface area contributed by atoms with Gasteiger partial charge in [0.2, 0.25) is 11.8 Å². The molecule has 0 aromatic carbocycles. The molecule has 110 valence electrons. The van der Waals surface area contributed by atoms with Crippen molar-refractivity contribution in [2.24, 2.45) is 5.92 Å². The number of piperazine rings is 1. The Bertz CT molecular complexity index is 321. The summed E-state index contributed by atoms with van der Waals surface area (Å²) in [6.45, 7) is 6.72. The number of hydrogen-bond acceptors (Lipinski definition) is 3. The lowest BCUT2D eigenvalue weighted by atomic mass is 9.95. The molecule has 1 saturated heterocycles. The Morgan fingerprint density at radius 3 is 2.58 bits per heavy atom. The SMILES string of the molecule is CCCC1NC(=O)C(C(C)C)N(CCCSC)C1=O. The molecule has 1 aliphatic heterocycles. The van der Waals surface area contributed by atoms with E-state index in [2.05, 4.69) is 11.6 Å². The van der Waals surface area contributed by atoms with E-state index in [9.17, 15) is 9.59 Å². The maximum atomic E-state index is 12.5. The molecular formula is C14H26N2O2S. The van der Waals surface area contributed by atoms with Gasteiger partial charge in [-0.2, -0.15) is 11.8 Å². The predicted octanol–water partition coefficient (Wildman–Crippen LogP) is 1.89. The fraction of sp³-hybridized carbons (Fsp3) is 0.857. The average Bonchev–Trinajstić information content (AvgIpc) is 2.34. The molecule has 0 aliphatic carbocycles. The molecule has 0 aromatic rings. The van der Waals surface area contributed by atoms with Crippen LogP contribution in [0.15, 0.2) is 0 Å². The molecule has 4 nitrogen and oxygen atoms in total. The highest BCUT2D eigenvalue weighted by molar-refractivity contribution is 7.98. The summed E-state index contributed by atoms with van der Waals surface area (Å²) in [7, 11) is 0. The largest absolute Gasteiger partial charge is 0.342 e. The number of rotatable bonds is 7. The number of carbonyl (C=O) groups excluding carboxylic acids is 2. The summed E-state index contributed by atoms with van der Waals surface area (Å²) in [5.74, 6) is 1.29. The highest BCUT2D eigenvalue weighted by Gasteiger charge is 2.40.